The van der Waals surface area contributed by atoms with Crippen LogP contribution in [-0.4, -0.2) is 5.78 Å². The number of hydrogen-bond acceptors (Lipinski definition) is 1. The van der Waals surface area contributed by atoms with E-state index in [1.54, 1.807) is 0 Å². The number of nitrogens with one attached hydrogen (secondary N) is 1. The first-order chi connectivity index (χ1) is 14.2. The molecule has 0 amide bonds. The lowest BCUT2D eigenvalue weighted by molar-refractivity contribution is -0.00000570. The van der Waals surface area contributed by atoms with E-state index in [0.717, 1.165) is 0 Å². The minimum absolute atomic E-state index is 0. The Morgan fingerprint density at radius 1 is 0.567 bits per heavy atom. The Bertz CT molecular complexity index is 955. The Balaban J connectivity index is 0.00000256. The molecule has 0 heterocycles. The number of rotatable bonds is 6. The van der Waals surface area contributed by atoms with Gasteiger partial charge in [-0.25, -0.2) is 0 Å². The van der Waals surface area contributed by atoms with E-state index in [-0.39, 0.29) is 22.8 Å². The van der Waals surface area contributed by atoms with Gasteiger partial charge in [-0.1, -0.05) is 72.8 Å². The highest BCUT2D eigenvalue weighted by Crippen LogP contribution is 2.59. The molecule has 1 nitrogen and oxygen atoms in total. The second-order valence-corrected chi connectivity index (χ2v) is 11.1. The zero-order valence-corrected chi connectivity index (χ0v) is 19.9. The van der Waals surface area contributed by atoms with Crippen molar-refractivity contribution in [2.75, 3.05) is 5.32 Å². The third-order valence-corrected chi connectivity index (χ3v) is 10.2. The van der Waals surface area contributed by atoms with Crippen molar-refractivity contribution < 1.29 is 17.0 Å². The maximum atomic E-state index is 3.90. The number of benzene rings is 4. The van der Waals surface area contributed by atoms with E-state index in [0.29, 0.717) is 0 Å². The second kappa shape index (κ2) is 10.1. The van der Waals surface area contributed by atoms with E-state index in [4.69, 9.17) is 0 Å². The monoisotopic (exact) mass is 475 g/mol. The Labute approximate surface area is 191 Å². The fourth-order valence-electron chi connectivity index (χ4n) is 4.16. The molecule has 1 unspecified atom stereocenters. The molecule has 0 aliphatic rings. The van der Waals surface area contributed by atoms with Crippen LogP contribution in [0.2, 0.25) is 0 Å². The Kier molecular flexibility index (Phi) is 7.48. The Morgan fingerprint density at radius 2 is 0.933 bits per heavy atom. The predicted molar refractivity (Wildman–Crippen MR) is 129 cm³/mol. The maximum Gasteiger partial charge on any atom is 0.149 e. The first-order valence-electron chi connectivity index (χ1n) is 10.1. The molecular formula is C27H27BrNP. The van der Waals surface area contributed by atoms with Crippen LogP contribution in [0, 0.1) is 6.92 Å². The average Bonchev–Trinajstić information content (AvgIpc) is 2.78. The molecule has 152 valence electrons. The van der Waals surface area contributed by atoms with Crippen LogP contribution in [0.4, 0.5) is 5.69 Å². The first kappa shape index (κ1) is 22.3. The summed E-state index contributed by atoms with van der Waals surface area (Å²) in [4.78, 5) is 0. The maximum absolute atomic E-state index is 3.90. The molecule has 0 aliphatic heterocycles. The van der Waals surface area contributed by atoms with E-state index in [1.807, 2.05) is 0 Å². The van der Waals surface area contributed by atoms with Gasteiger partial charge in [-0.15, -0.1) is 0 Å². The summed E-state index contributed by atoms with van der Waals surface area (Å²) in [6.07, 6.45) is 0. The molecule has 4 rings (SSSR count). The van der Waals surface area contributed by atoms with Crippen LogP contribution < -0.4 is 38.2 Å². The van der Waals surface area contributed by atoms with Gasteiger partial charge in [-0.3, -0.25) is 0 Å². The number of para-hydroxylation sites is 1. The van der Waals surface area contributed by atoms with Gasteiger partial charge in [-0.2, -0.15) is 0 Å². The molecule has 30 heavy (non-hydrogen) atoms. The molecule has 0 saturated carbocycles. The highest BCUT2D eigenvalue weighted by Gasteiger charge is 2.50. The molecule has 0 fully saturated rings. The van der Waals surface area contributed by atoms with Crippen LogP contribution >= 0.6 is 7.26 Å². The second-order valence-electron chi connectivity index (χ2n) is 7.36. The summed E-state index contributed by atoms with van der Waals surface area (Å²) in [6.45, 7) is 4.51. The lowest BCUT2D eigenvalue weighted by Crippen LogP contribution is -3.00. The van der Waals surface area contributed by atoms with Crippen LogP contribution in [0.25, 0.3) is 0 Å². The Morgan fingerprint density at radius 3 is 1.33 bits per heavy atom. The largest absolute Gasteiger partial charge is 1.00 e. The normalized spacial score (nSPS) is 11.9. The number of anilines is 1. The van der Waals surface area contributed by atoms with Gasteiger partial charge in [-0.05, 0) is 61.9 Å². The predicted octanol–water partition coefficient (Wildman–Crippen LogP) is 2.75. The van der Waals surface area contributed by atoms with Crippen molar-refractivity contribution in [2.45, 2.75) is 19.6 Å². The number of halogens is 1. The van der Waals surface area contributed by atoms with Crippen molar-refractivity contribution in [3.8, 4) is 0 Å². The van der Waals surface area contributed by atoms with Crippen molar-refractivity contribution in [3.05, 3.63) is 121 Å². The summed E-state index contributed by atoms with van der Waals surface area (Å²) in [5.74, 6) is 0.232. The third kappa shape index (κ3) is 4.21. The molecule has 0 aromatic heterocycles. The average molecular weight is 476 g/mol. The fourth-order valence-corrected chi connectivity index (χ4v) is 8.66. The fraction of sp³-hybridized carbons (Fsp3) is 0.111. The zero-order valence-electron chi connectivity index (χ0n) is 17.4. The van der Waals surface area contributed by atoms with Crippen LogP contribution in [-0.2, 0) is 0 Å². The number of aryl methyl sites for hydroxylation is 1. The quantitative estimate of drug-likeness (QED) is 0.422. The van der Waals surface area contributed by atoms with Crippen molar-refractivity contribution in [2.24, 2.45) is 0 Å². The van der Waals surface area contributed by atoms with E-state index in [1.165, 1.54) is 27.2 Å². The molecule has 0 bridgehead atoms. The topological polar surface area (TPSA) is 12.0 Å². The lowest BCUT2D eigenvalue weighted by Gasteiger charge is -2.34. The van der Waals surface area contributed by atoms with E-state index < -0.39 is 7.26 Å². The molecule has 0 aliphatic carbocycles. The van der Waals surface area contributed by atoms with Gasteiger partial charge in [0.1, 0.15) is 29.0 Å². The molecule has 1 N–H and O–H groups in total. The van der Waals surface area contributed by atoms with Crippen molar-refractivity contribution in [1.29, 1.82) is 0 Å². The molecule has 0 spiro atoms. The molecule has 1 atom stereocenters. The molecule has 4 aromatic carbocycles. The minimum atomic E-state index is -1.94. The molecule has 4 aromatic rings. The van der Waals surface area contributed by atoms with Gasteiger partial charge in [0.25, 0.3) is 0 Å². The van der Waals surface area contributed by atoms with E-state index in [2.05, 4.69) is 134 Å². The highest BCUT2D eigenvalue weighted by molar-refractivity contribution is 7.96. The Hall–Kier alpha value is -2.41. The van der Waals surface area contributed by atoms with Crippen LogP contribution in [0.1, 0.15) is 12.5 Å². The summed E-state index contributed by atoms with van der Waals surface area (Å²) in [5.41, 5.74) is 2.47. The molecular weight excluding hydrogens is 449 g/mol. The van der Waals surface area contributed by atoms with Gasteiger partial charge in [0.15, 0.2) is 0 Å². The lowest BCUT2D eigenvalue weighted by atomic mass is 10.2. The summed E-state index contributed by atoms with van der Waals surface area (Å²) < 4.78 is 0. The van der Waals surface area contributed by atoms with Gasteiger partial charge in [0, 0.05) is 5.69 Å². The van der Waals surface area contributed by atoms with Gasteiger partial charge in [0.2, 0.25) is 0 Å². The zero-order chi connectivity index (χ0) is 20.1. The van der Waals surface area contributed by atoms with E-state index in [9.17, 15) is 0 Å². The molecule has 3 heteroatoms. The standard InChI is InChI=1S/C27H27NP.BrH/c1-22-14-12-13-21-27(22)28-23(2)29(24-15-6-3-7-16-24,25-17-8-4-9-18-25)26-19-10-5-11-20-26;/h3-21,23,28H,1-2H3;1H/q+1;/p-1. The van der Waals surface area contributed by atoms with E-state index >= 15 is 0 Å². The van der Waals surface area contributed by atoms with Crippen molar-refractivity contribution >= 4 is 28.9 Å². The summed E-state index contributed by atoms with van der Waals surface area (Å²) >= 11 is 0. The van der Waals surface area contributed by atoms with Crippen LogP contribution in [0.5, 0.6) is 0 Å². The SMILES string of the molecule is Cc1ccccc1NC(C)[P+](c1ccccc1)(c1ccccc1)c1ccccc1.[Br-]. The van der Waals surface area contributed by atoms with Gasteiger partial charge < -0.3 is 22.3 Å². The number of hydrogen-bond donors (Lipinski definition) is 1. The van der Waals surface area contributed by atoms with Crippen LogP contribution in [0.3, 0.4) is 0 Å². The molecule has 0 radical (unpaired) electrons. The van der Waals surface area contributed by atoms with Crippen LogP contribution in [0.15, 0.2) is 115 Å². The van der Waals surface area contributed by atoms with Crippen molar-refractivity contribution in [3.63, 3.8) is 0 Å². The minimum Gasteiger partial charge on any atom is -1.00 e. The summed E-state index contributed by atoms with van der Waals surface area (Å²) in [7, 11) is -1.94. The smallest absolute Gasteiger partial charge is 0.149 e. The highest BCUT2D eigenvalue weighted by atomic mass is 79.9. The van der Waals surface area contributed by atoms with Gasteiger partial charge in [0.05, 0.1) is 0 Å². The summed E-state index contributed by atoms with van der Waals surface area (Å²) in [5, 5.41) is 8.08. The van der Waals surface area contributed by atoms with Gasteiger partial charge >= 0.3 is 0 Å². The summed E-state index contributed by atoms with van der Waals surface area (Å²) in [6, 6.07) is 41.6. The van der Waals surface area contributed by atoms with Crippen molar-refractivity contribution in [1.82, 2.24) is 0 Å². The first-order valence-corrected chi connectivity index (χ1v) is 12.0. The molecule has 0 saturated heterocycles. The third-order valence-electron chi connectivity index (χ3n) is 5.58.